The van der Waals surface area contributed by atoms with E-state index in [0.717, 1.165) is 12.1 Å². The second kappa shape index (κ2) is 4.59. The van der Waals surface area contributed by atoms with Crippen molar-refractivity contribution in [2.24, 2.45) is 7.05 Å². The van der Waals surface area contributed by atoms with Gasteiger partial charge in [0.25, 0.3) is 0 Å². The van der Waals surface area contributed by atoms with Gasteiger partial charge in [-0.2, -0.15) is 5.10 Å². The molecule has 2 rings (SSSR count). The topological polar surface area (TPSA) is 17.8 Å². The molecule has 0 radical (unpaired) electrons. The maximum Gasteiger partial charge on any atom is 1.00 e. The number of aryl methyl sites for hydroxylation is 1. The molecule has 74 valence electrons. The number of fused-ring (bicyclic) bond motifs is 1. The molecule has 0 bridgehead atoms. The molecule has 1 heterocycles. The monoisotopic (exact) mass is 238 g/mol. The average molecular weight is 238 g/mol. The summed E-state index contributed by atoms with van der Waals surface area (Å²) in [6.07, 6.45) is 1.43. The molecule has 0 aliphatic rings. The number of hydrogen-bond acceptors (Lipinski definition) is 1. The quantitative estimate of drug-likeness (QED) is 0.560. The number of rotatable bonds is 1. The van der Waals surface area contributed by atoms with Gasteiger partial charge in [0, 0.05) is 12.4 Å². The zero-order chi connectivity index (χ0) is 10.3. The molecule has 1 aromatic carbocycles. The van der Waals surface area contributed by atoms with Crippen LogP contribution in [0.1, 0.15) is 0 Å². The molecule has 0 aliphatic heterocycles. The van der Waals surface area contributed by atoms with Crippen LogP contribution in [0.5, 0.6) is 0 Å². The fourth-order valence-corrected chi connectivity index (χ4v) is 1.39. The first-order valence-electron chi connectivity index (χ1n) is 4.10. The van der Waals surface area contributed by atoms with Crippen LogP contribution in [-0.4, -0.2) is 16.8 Å². The minimum absolute atomic E-state index is 0. The molecule has 0 amide bonds. The molecule has 0 saturated heterocycles. The van der Waals surface area contributed by atoms with Crippen LogP contribution in [0.3, 0.4) is 0 Å². The molecule has 0 unspecified atom stereocenters. The van der Waals surface area contributed by atoms with Gasteiger partial charge in [-0.25, -0.2) is 0 Å². The average Bonchev–Trinajstić information content (AvgIpc) is 2.46. The largest absolute Gasteiger partial charge is 1.00 e. The first-order chi connectivity index (χ1) is 6.48. The second-order valence-electron chi connectivity index (χ2n) is 3.16. The predicted octanol–water partition coefficient (Wildman–Crippen LogP) is -1.37. The normalized spacial score (nSPS) is 11.5. The van der Waals surface area contributed by atoms with Gasteiger partial charge in [-0.3, -0.25) is 4.68 Å². The Kier molecular flexibility index (Phi) is 4.05. The Hall–Kier alpha value is 0.181. The Bertz CT molecular complexity index is 480. The van der Waals surface area contributed by atoms with Crippen molar-refractivity contribution in [3.05, 3.63) is 24.4 Å². The molecule has 2 nitrogen and oxygen atoms in total. The molecule has 0 N–H and O–H groups in total. The summed E-state index contributed by atoms with van der Waals surface area (Å²) < 4.78 is 38.6. The van der Waals surface area contributed by atoms with E-state index in [-0.39, 0.29) is 51.4 Å². The summed E-state index contributed by atoms with van der Waals surface area (Å²) >= 11 is 0. The number of benzene rings is 1. The third-order valence-corrected chi connectivity index (χ3v) is 2.15. The van der Waals surface area contributed by atoms with Crippen molar-refractivity contribution in [1.82, 2.24) is 9.78 Å². The van der Waals surface area contributed by atoms with E-state index in [9.17, 15) is 12.9 Å². The summed E-state index contributed by atoms with van der Waals surface area (Å²) in [4.78, 5) is 0. The zero-order valence-electron chi connectivity index (χ0n) is 8.42. The van der Waals surface area contributed by atoms with E-state index in [4.69, 9.17) is 0 Å². The van der Waals surface area contributed by atoms with E-state index in [2.05, 4.69) is 5.10 Å². The van der Waals surface area contributed by atoms with Gasteiger partial charge in [-0.15, -0.1) is 5.46 Å². The molecule has 1 aromatic heterocycles. The Balaban J connectivity index is 0.00000112. The summed E-state index contributed by atoms with van der Waals surface area (Å²) in [5.74, 6) is 0. The third kappa shape index (κ3) is 2.65. The van der Waals surface area contributed by atoms with Crippen molar-refractivity contribution in [2.45, 2.75) is 0 Å². The van der Waals surface area contributed by atoms with Crippen LogP contribution in [0.25, 0.3) is 10.9 Å². The first kappa shape index (κ1) is 13.2. The molecule has 15 heavy (non-hydrogen) atoms. The first-order valence-corrected chi connectivity index (χ1v) is 4.10. The fourth-order valence-electron chi connectivity index (χ4n) is 1.39. The van der Waals surface area contributed by atoms with Gasteiger partial charge in [-0.1, -0.05) is 12.1 Å². The molecule has 7 heteroatoms. The van der Waals surface area contributed by atoms with Crippen LogP contribution < -0.4 is 56.8 Å². The molecule has 0 spiro atoms. The van der Waals surface area contributed by atoms with Crippen LogP contribution in [-0.2, 0) is 7.05 Å². The van der Waals surface area contributed by atoms with Gasteiger partial charge in [0.15, 0.2) is 0 Å². The number of aromatic nitrogens is 2. The third-order valence-electron chi connectivity index (χ3n) is 2.15. The maximum atomic E-state index is 12.4. The molecular formula is C8H7BF3KN2. The van der Waals surface area contributed by atoms with Crippen LogP contribution in [0.15, 0.2) is 24.4 Å². The van der Waals surface area contributed by atoms with Gasteiger partial charge in [0.1, 0.15) is 0 Å². The summed E-state index contributed by atoms with van der Waals surface area (Å²) in [5.41, 5.74) is 0.124. The van der Waals surface area contributed by atoms with Gasteiger partial charge >= 0.3 is 58.4 Å². The van der Waals surface area contributed by atoms with Crippen LogP contribution >= 0.6 is 0 Å². The Labute approximate surface area is 127 Å². The minimum Gasteiger partial charge on any atom is -0.445 e. The van der Waals surface area contributed by atoms with Gasteiger partial charge in [0.05, 0.1) is 11.7 Å². The van der Waals surface area contributed by atoms with Crippen molar-refractivity contribution in [3.8, 4) is 0 Å². The van der Waals surface area contributed by atoms with Crippen molar-refractivity contribution < 1.29 is 64.3 Å². The summed E-state index contributed by atoms with van der Waals surface area (Å²) in [6.45, 7) is -4.91. The van der Waals surface area contributed by atoms with E-state index < -0.39 is 12.4 Å². The molecular weight excluding hydrogens is 231 g/mol. The summed E-state index contributed by atoms with van der Waals surface area (Å²) in [5, 5.41) is 4.39. The minimum atomic E-state index is -4.91. The number of hydrogen-bond donors (Lipinski definition) is 0. The summed E-state index contributed by atoms with van der Waals surface area (Å²) in [6, 6.07) is 3.65. The van der Waals surface area contributed by atoms with Crippen molar-refractivity contribution in [2.75, 3.05) is 0 Å². The van der Waals surface area contributed by atoms with Crippen molar-refractivity contribution >= 4 is 23.3 Å². The van der Waals surface area contributed by atoms with E-state index in [0.29, 0.717) is 10.9 Å². The molecule has 0 saturated carbocycles. The van der Waals surface area contributed by atoms with Gasteiger partial charge < -0.3 is 12.9 Å². The van der Waals surface area contributed by atoms with Crippen molar-refractivity contribution in [1.29, 1.82) is 0 Å². The smallest absolute Gasteiger partial charge is 0.445 e. The van der Waals surface area contributed by atoms with Crippen LogP contribution in [0.2, 0.25) is 0 Å². The second-order valence-corrected chi connectivity index (χ2v) is 3.16. The summed E-state index contributed by atoms with van der Waals surface area (Å²) in [7, 11) is 1.70. The predicted molar refractivity (Wildman–Crippen MR) is 49.4 cm³/mol. The molecule has 0 atom stereocenters. The SMILES string of the molecule is Cn1ncc2cc([B-](F)(F)F)ccc21.[K+]. The Morgan fingerprint density at radius 3 is 2.53 bits per heavy atom. The van der Waals surface area contributed by atoms with E-state index in [1.54, 1.807) is 11.7 Å². The van der Waals surface area contributed by atoms with Crippen LogP contribution in [0, 0.1) is 0 Å². The molecule has 2 aromatic rings. The molecule has 0 fully saturated rings. The van der Waals surface area contributed by atoms with E-state index >= 15 is 0 Å². The van der Waals surface area contributed by atoms with E-state index in [1.165, 1.54) is 12.3 Å². The Morgan fingerprint density at radius 2 is 1.93 bits per heavy atom. The van der Waals surface area contributed by atoms with Gasteiger partial charge in [-0.05, 0) is 6.07 Å². The number of nitrogens with zero attached hydrogens (tertiary/aromatic N) is 2. The van der Waals surface area contributed by atoms with E-state index in [1.807, 2.05) is 0 Å². The Morgan fingerprint density at radius 1 is 1.27 bits per heavy atom. The van der Waals surface area contributed by atoms with Crippen molar-refractivity contribution in [3.63, 3.8) is 0 Å². The van der Waals surface area contributed by atoms with Crippen LogP contribution in [0.4, 0.5) is 12.9 Å². The number of halogens is 3. The maximum absolute atomic E-state index is 12.4. The standard InChI is InChI=1S/C8H7BF3N2.K/c1-14-8-3-2-7(9(10,11)12)4-6(8)5-13-14;/h2-5H,1H3;/q-1;+1. The fraction of sp³-hybridized carbons (Fsp3) is 0.125. The molecule has 0 aliphatic carbocycles. The zero-order valence-corrected chi connectivity index (χ0v) is 11.5. The van der Waals surface area contributed by atoms with Gasteiger partial charge in [0.2, 0.25) is 0 Å².